The zero-order valence-corrected chi connectivity index (χ0v) is 16.2. The normalized spacial score (nSPS) is 20.7. The third kappa shape index (κ3) is 4.39. The number of nitrogens with one attached hydrogen (secondary N) is 2. The number of carbonyl (C=O) groups excluding carboxylic acids is 1. The quantitative estimate of drug-likeness (QED) is 0.589. The number of hydrogen-bond acceptors (Lipinski definition) is 4. The van der Waals surface area contributed by atoms with Crippen molar-refractivity contribution >= 4 is 39.7 Å². The summed E-state index contributed by atoms with van der Waals surface area (Å²) in [4.78, 5) is 27.7. The van der Waals surface area contributed by atoms with Crippen LogP contribution in [0, 0.1) is 10.7 Å². The Bertz CT molecular complexity index is 852. The minimum atomic E-state index is -0.0331. The van der Waals surface area contributed by atoms with Gasteiger partial charge in [0.25, 0.3) is 5.56 Å². The molecule has 0 bridgehead atoms. The third-order valence-corrected chi connectivity index (χ3v) is 6.31. The second-order valence-electron chi connectivity index (χ2n) is 6.94. The maximum absolute atomic E-state index is 12.4. The number of hydrogen-bond donors (Lipinski definition) is 2. The molecule has 0 spiro atoms. The number of aromatic amines is 1. The molecule has 2 N–H and O–H groups in total. The van der Waals surface area contributed by atoms with Crippen LogP contribution in [0.1, 0.15) is 51.9 Å². The predicted molar refractivity (Wildman–Crippen MR) is 105 cm³/mol. The van der Waals surface area contributed by atoms with E-state index in [9.17, 15) is 9.59 Å². The van der Waals surface area contributed by atoms with E-state index in [-0.39, 0.29) is 11.5 Å². The fraction of sp³-hybridized carbons (Fsp3) is 0.611. The zero-order valence-electron chi connectivity index (χ0n) is 14.5. The molecule has 2 atom stereocenters. The Morgan fingerprint density at radius 3 is 3.00 bits per heavy atom. The Labute approximate surface area is 156 Å². The molecule has 1 aliphatic rings. The number of nitrogens with zero attached hydrogens (tertiary/aromatic N) is 1. The Morgan fingerprint density at radius 1 is 1.40 bits per heavy atom. The topological polar surface area (TPSA) is 66.9 Å². The van der Waals surface area contributed by atoms with Gasteiger partial charge in [-0.1, -0.05) is 19.8 Å². The van der Waals surface area contributed by atoms with E-state index in [1.54, 1.807) is 4.57 Å². The molecule has 136 valence electrons. The van der Waals surface area contributed by atoms with Gasteiger partial charge in [-0.05, 0) is 55.3 Å². The van der Waals surface area contributed by atoms with E-state index in [2.05, 4.69) is 17.2 Å². The minimum absolute atomic E-state index is 0.0331. The molecule has 0 saturated heterocycles. The number of thiophene rings is 1. The van der Waals surface area contributed by atoms with Crippen LogP contribution in [0.2, 0.25) is 0 Å². The van der Waals surface area contributed by atoms with Crippen LogP contribution in [0.3, 0.4) is 0 Å². The second-order valence-corrected chi connectivity index (χ2v) is 8.25. The highest BCUT2D eigenvalue weighted by Crippen LogP contribution is 2.23. The van der Waals surface area contributed by atoms with E-state index < -0.39 is 0 Å². The number of amides is 1. The lowest BCUT2D eigenvalue weighted by Gasteiger charge is -2.29. The number of aromatic nitrogens is 2. The Hall–Kier alpha value is -1.47. The van der Waals surface area contributed by atoms with Gasteiger partial charge < -0.3 is 10.3 Å². The van der Waals surface area contributed by atoms with E-state index >= 15 is 0 Å². The summed E-state index contributed by atoms with van der Waals surface area (Å²) in [6, 6.07) is 2.21. The van der Waals surface area contributed by atoms with Crippen LogP contribution in [-0.4, -0.2) is 21.5 Å². The highest BCUT2D eigenvalue weighted by Gasteiger charge is 2.22. The van der Waals surface area contributed by atoms with E-state index in [0.717, 1.165) is 24.8 Å². The van der Waals surface area contributed by atoms with Crippen LogP contribution in [0.25, 0.3) is 10.2 Å². The molecule has 25 heavy (non-hydrogen) atoms. The van der Waals surface area contributed by atoms with Crippen molar-refractivity contribution in [1.82, 2.24) is 14.9 Å². The molecule has 2 aromatic heterocycles. The van der Waals surface area contributed by atoms with Gasteiger partial charge in [0.15, 0.2) is 4.77 Å². The molecule has 2 aromatic rings. The van der Waals surface area contributed by atoms with Gasteiger partial charge in [-0.15, -0.1) is 11.3 Å². The Morgan fingerprint density at radius 2 is 2.20 bits per heavy atom. The molecule has 7 heteroatoms. The zero-order chi connectivity index (χ0) is 17.8. The van der Waals surface area contributed by atoms with E-state index in [1.165, 1.54) is 30.6 Å². The molecule has 1 aliphatic carbocycles. The Kier molecular flexibility index (Phi) is 6.06. The summed E-state index contributed by atoms with van der Waals surface area (Å²) < 4.78 is 2.77. The molecule has 1 fully saturated rings. The lowest BCUT2D eigenvalue weighted by molar-refractivity contribution is -0.122. The van der Waals surface area contributed by atoms with Crippen LogP contribution < -0.4 is 10.9 Å². The van der Waals surface area contributed by atoms with Crippen molar-refractivity contribution in [2.24, 2.45) is 5.92 Å². The summed E-state index contributed by atoms with van der Waals surface area (Å²) in [5.41, 5.74) is 0.770. The monoisotopic (exact) mass is 379 g/mol. The smallest absolute Gasteiger partial charge is 0.272 e. The summed E-state index contributed by atoms with van der Waals surface area (Å²) >= 11 is 6.71. The number of unbranched alkanes of at least 4 members (excludes halogenated alkanes) is 1. The lowest BCUT2D eigenvalue weighted by Crippen LogP contribution is -2.40. The van der Waals surface area contributed by atoms with Crippen molar-refractivity contribution in [3.8, 4) is 0 Å². The van der Waals surface area contributed by atoms with E-state index in [0.29, 0.717) is 34.4 Å². The number of H-pyrrole nitrogens is 1. The van der Waals surface area contributed by atoms with Crippen LogP contribution in [0.5, 0.6) is 0 Å². The van der Waals surface area contributed by atoms with Crippen molar-refractivity contribution < 1.29 is 4.79 Å². The first kappa shape index (κ1) is 18.3. The molecule has 1 saturated carbocycles. The van der Waals surface area contributed by atoms with E-state index in [1.807, 2.05) is 11.4 Å². The molecule has 0 aromatic carbocycles. The molecule has 1 amide bonds. The first-order chi connectivity index (χ1) is 12.1. The van der Waals surface area contributed by atoms with Crippen molar-refractivity contribution in [1.29, 1.82) is 0 Å². The SMILES string of the molecule is C[C@@H]1CCCC[C@@H]1NC(=O)CCCCn1c(=S)[nH]c2ccsc2c1=O. The van der Waals surface area contributed by atoms with Crippen LogP contribution in [-0.2, 0) is 11.3 Å². The number of carbonyl (C=O) groups is 1. The molecule has 5 nitrogen and oxygen atoms in total. The lowest BCUT2D eigenvalue weighted by atomic mass is 9.86. The average molecular weight is 380 g/mol. The maximum Gasteiger partial charge on any atom is 0.272 e. The van der Waals surface area contributed by atoms with Gasteiger partial charge >= 0.3 is 0 Å². The molecular formula is C18H25N3O2S2. The number of rotatable bonds is 6. The highest BCUT2D eigenvalue weighted by atomic mass is 32.1. The summed E-state index contributed by atoms with van der Waals surface area (Å²) in [7, 11) is 0. The maximum atomic E-state index is 12.4. The second kappa shape index (κ2) is 8.27. The third-order valence-electron chi connectivity index (χ3n) is 5.08. The van der Waals surface area contributed by atoms with Gasteiger partial charge in [-0.25, -0.2) is 0 Å². The Balaban J connectivity index is 1.49. The predicted octanol–water partition coefficient (Wildman–Crippen LogP) is 3.99. The molecule has 0 radical (unpaired) electrons. The van der Waals surface area contributed by atoms with Crippen LogP contribution in [0.4, 0.5) is 0 Å². The minimum Gasteiger partial charge on any atom is -0.353 e. The van der Waals surface area contributed by atoms with E-state index in [4.69, 9.17) is 12.2 Å². The van der Waals surface area contributed by atoms with Gasteiger partial charge in [0.1, 0.15) is 4.70 Å². The summed E-state index contributed by atoms with van der Waals surface area (Å²) in [5, 5.41) is 5.07. The van der Waals surface area contributed by atoms with Crippen LogP contribution >= 0.6 is 23.6 Å². The first-order valence-electron chi connectivity index (χ1n) is 9.06. The van der Waals surface area contributed by atoms with Gasteiger partial charge in [0.05, 0.1) is 5.52 Å². The summed E-state index contributed by atoms with van der Waals surface area (Å²) in [6.45, 7) is 2.77. The number of fused-ring (bicyclic) bond motifs is 1. The van der Waals surface area contributed by atoms with Gasteiger partial charge in [-0.3, -0.25) is 14.2 Å². The largest absolute Gasteiger partial charge is 0.353 e. The molecular weight excluding hydrogens is 354 g/mol. The fourth-order valence-corrected chi connectivity index (χ4v) is 4.62. The van der Waals surface area contributed by atoms with Crippen molar-refractivity contribution in [3.05, 3.63) is 26.6 Å². The van der Waals surface area contributed by atoms with Crippen molar-refractivity contribution in [2.45, 2.75) is 64.5 Å². The van der Waals surface area contributed by atoms with Crippen LogP contribution in [0.15, 0.2) is 16.2 Å². The van der Waals surface area contributed by atoms with Gasteiger partial charge in [-0.2, -0.15) is 0 Å². The first-order valence-corrected chi connectivity index (χ1v) is 10.3. The summed E-state index contributed by atoms with van der Waals surface area (Å²) in [6.07, 6.45) is 6.82. The fourth-order valence-electron chi connectivity index (χ4n) is 3.54. The molecule has 0 aliphatic heterocycles. The standard InChI is InChI=1S/C18H25N3O2S2/c1-12-6-2-3-7-13(12)19-15(22)8-4-5-10-21-17(23)16-14(9-11-25-16)20-18(21)24/h9,11-13H,2-8,10H2,1H3,(H,19,22)(H,20,24)/t12-,13+/m1/s1. The molecule has 0 unspecified atom stereocenters. The van der Waals surface area contributed by atoms with Crippen molar-refractivity contribution in [3.63, 3.8) is 0 Å². The van der Waals surface area contributed by atoms with Crippen molar-refractivity contribution in [2.75, 3.05) is 0 Å². The average Bonchev–Trinajstić information content (AvgIpc) is 3.04. The van der Waals surface area contributed by atoms with Gasteiger partial charge in [0, 0.05) is 19.0 Å². The van der Waals surface area contributed by atoms with Gasteiger partial charge in [0.2, 0.25) is 5.91 Å². The highest BCUT2D eigenvalue weighted by molar-refractivity contribution is 7.71. The molecule has 3 rings (SSSR count). The summed E-state index contributed by atoms with van der Waals surface area (Å²) in [5.74, 6) is 0.706. The molecule has 2 heterocycles.